The molecular formula is C26H46O2Si5. The highest BCUT2D eigenvalue weighted by atomic mass is 29.6. The highest BCUT2D eigenvalue weighted by Gasteiger charge is 2.63. The molecule has 2 aliphatic rings. The van der Waals surface area contributed by atoms with Gasteiger partial charge in [-0.15, -0.1) is 0 Å². The summed E-state index contributed by atoms with van der Waals surface area (Å²) in [5.74, 6) is 0. The molecule has 2 aliphatic heterocycles. The van der Waals surface area contributed by atoms with Crippen molar-refractivity contribution in [1.29, 1.82) is 0 Å². The third-order valence-corrected chi connectivity index (χ3v) is 63.1. The third kappa shape index (κ3) is 5.05. The first-order valence-electron chi connectivity index (χ1n) is 12.7. The molecule has 0 aromatic heterocycles. The van der Waals surface area contributed by atoms with Gasteiger partial charge in [0, 0.05) is 20.3 Å². The highest BCUT2D eigenvalue weighted by Crippen LogP contribution is 2.36. The largest absolute Gasteiger partial charge is 0.417 e. The Morgan fingerprint density at radius 3 is 1.58 bits per heavy atom. The van der Waals surface area contributed by atoms with Gasteiger partial charge in [0.1, 0.15) is 0 Å². The number of rotatable bonds is 2. The Balaban J connectivity index is 0.000000235. The van der Waals surface area contributed by atoms with E-state index in [4.69, 9.17) is 8.85 Å². The van der Waals surface area contributed by atoms with E-state index in [1.54, 1.807) is 0 Å². The van der Waals surface area contributed by atoms with Crippen molar-refractivity contribution in [2.45, 2.75) is 83.9 Å². The summed E-state index contributed by atoms with van der Waals surface area (Å²) in [5.41, 5.74) is 0. The lowest BCUT2D eigenvalue weighted by Crippen LogP contribution is -2.86. The first-order chi connectivity index (χ1) is 15.3. The van der Waals surface area contributed by atoms with Gasteiger partial charge < -0.3 is 8.85 Å². The van der Waals surface area contributed by atoms with Crippen molar-refractivity contribution >= 4 is 48.3 Å². The molecule has 182 valence electrons. The Morgan fingerprint density at radius 2 is 1.15 bits per heavy atom. The molecule has 2 aromatic carbocycles. The summed E-state index contributed by atoms with van der Waals surface area (Å²) < 4.78 is 12.9. The van der Waals surface area contributed by atoms with Crippen LogP contribution in [-0.2, 0) is 8.85 Å². The molecule has 0 amide bonds. The predicted octanol–water partition coefficient (Wildman–Crippen LogP) is 6.14. The molecule has 2 aromatic rings. The van der Waals surface area contributed by atoms with Crippen molar-refractivity contribution in [3.05, 3.63) is 60.7 Å². The average Bonchev–Trinajstić information content (AvgIpc) is 2.75. The van der Waals surface area contributed by atoms with Crippen molar-refractivity contribution in [2.24, 2.45) is 0 Å². The molecule has 0 radical (unpaired) electrons. The molecule has 4 rings (SSSR count). The maximum Gasteiger partial charge on any atom is 0.237 e. The summed E-state index contributed by atoms with van der Waals surface area (Å²) in [4.78, 5) is 0. The van der Waals surface area contributed by atoms with Crippen molar-refractivity contribution in [3.63, 3.8) is 0 Å². The zero-order chi connectivity index (χ0) is 24.5. The Morgan fingerprint density at radius 1 is 0.667 bits per heavy atom. The van der Waals surface area contributed by atoms with Gasteiger partial charge in [0.25, 0.3) is 0 Å². The first kappa shape index (κ1) is 27.0. The van der Waals surface area contributed by atoms with Gasteiger partial charge in [0.2, 0.25) is 7.83 Å². The standard InChI is InChI=1S/C18H26OSi3.C8H20OSi2/c1-20(2)16-15-19-22(21(20,3)4,17-11-7-5-8-12-17)18-13-9-6-10-14-18;1-8-6-7-10(2,3)11(4,5)9-8/h5-14H,15-16H2,1-4H3;8H,6-7H2,1-5H3. The average molecular weight is 531 g/mol. The van der Waals surface area contributed by atoms with Crippen molar-refractivity contribution in [3.8, 4) is 0 Å². The van der Waals surface area contributed by atoms with Crippen LogP contribution in [0.4, 0.5) is 0 Å². The van der Waals surface area contributed by atoms with E-state index in [1.165, 1.54) is 28.9 Å². The Bertz CT molecular complexity index is 873. The van der Waals surface area contributed by atoms with Crippen molar-refractivity contribution < 1.29 is 8.85 Å². The maximum absolute atomic E-state index is 6.82. The number of hydrogen-bond acceptors (Lipinski definition) is 2. The molecule has 1 atom stereocenters. The van der Waals surface area contributed by atoms with E-state index in [1.807, 2.05) is 0 Å². The SMILES string of the molecule is CC1CC[Si](C)(C)[Si](C)(C)O1.C[Si]1(C)CCO[Si](c2ccccc2)(c2ccccc2)[Si]1(C)C. The second kappa shape index (κ2) is 9.83. The van der Waals surface area contributed by atoms with Crippen molar-refractivity contribution in [2.75, 3.05) is 6.61 Å². The van der Waals surface area contributed by atoms with Crippen LogP contribution in [0.1, 0.15) is 13.3 Å². The molecule has 1 unspecified atom stereocenters. The molecule has 2 saturated heterocycles. The van der Waals surface area contributed by atoms with Crippen LogP contribution in [0.15, 0.2) is 60.7 Å². The molecule has 2 nitrogen and oxygen atoms in total. The lowest BCUT2D eigenvalue weighted by atomic mass is 10.3. The van der Waals surface area contributed by atoms with Gasteiger partial charge in [0.05, 0.1) is 14.7 Å². The van der Waals surface area contributed by atoms with E-state index >= 15 is 0 Å². The van der Waals surface area contributed by atoms with Crippen LogP contribution >= 0.6 is 0 Å². The Kier molecular flexibility index (Phi) is 8.06. The summed E-state index contributed by atoms with van der Waals surface area (Å²) in [6.45, 7) is 23.4. The van der Waals surface area contributed by atoms with E-state index in [-0.39, 0.29) is 0 Å². The molecule has 33 heavy (non-hydrogen) atoms. The van der Waals surface area contributed by atoms with E-state index in [0.29, 0.717) is 6.10 Å². The molecule has 0 bridgehead atoms. The van der Waals surface area contributed by atoms with Gasteiger partial charge in [-0.1, -0.05) is 106 Å². The van der Waals surface area contributed by atoms with Gasteiger partial charge in [-0.3, -0.25) is 0 Å². The van der Waals surface area contributed by atoms with E-state index in [0.717, 1.165) is 6.61 Å². The molecule has 0 N–H and O–H groups in total. The van der Waals surface area contributed by atoms with Crippen LogP contribution in [0.2, 0.25) is 64.5 Å². The number of benzene rings is 2. The minimum absolute atomic E-state index is 0.539. The van der Waals surface area contributed by atoms with Gasteiger partial charge in [0.15, 0.2) is 7.83 Å². The quantitative estimate of drug-likeness (QED) is 0.434. The fourth-order valence-corrected chi connectivity index (χ4v) is 43.7. The molecule has 2 fully saturated rings. The van der Waals surface area contributed by atoms with Crippen LogP contribution in [0, 0.1) is 0 Å². The van der Waals surface area contributed by atoms with Crippen molar-refractivity contribution in [1.82, 2.24) is 0 Å². The fraction of sp³-hybridized carbons (Fsp3) is 0.538. The summed E-state index contributed by atoms with van der Waals surface area (Å²) in [6.07, 6.45) is 1.84. The van der Waals surface area contributed by atoms with Gasteiger partial charge in [-0.05, 0) is 42.9 Å². The van der Waals surface area contributed by atoms with E-state index in [9.17, 15) is 0 Å². The smallest absolute Gasteiger partial charge is 0.237 e. The van der Waals surface area contributed by atoms with Gasteiger partial charge in [-0.2, -0.15) is 0 Å². The molecular weight excluding hydrogens is 485 g/mol. The fourth-order valence-electron chi connectivity index (χ4n) is 5.42. The van der Waals surface area contributed by atoms with Crippen LogP contribution in [0.5, 0.6) is 0 Å². The number of hydrogen-bond donors (Lipinski definition) is 0. The first-order valence-corrected chi connectivity index (χ1v) is 29.9. The molecule has 7 heteroatoms. The predicted molar refractivity (Wildman–Crippen MR) is 159 cm³/mol. The minimum Gasteiger partial charge on any atom is -0.417 e. The molecule has 2 heterocycles. The highest BCUT2D eigenvalue weighted by molar-refractivity contribution is 7.72. The molecule has 0 aliphatic carbocycles. The summed E-state index contributed by atoms with van der Waals surface area (Å²) >= 11 is 0. The monoisotopic (exact) mass is 530 g/mol. The lowest BCUT2D eigenvalue weighted by molar-refractivity contribution is 0.206. The second-order valence-corrected chi connectivity index (χ2v) is 53.1. The van der Waals surface area contributed by atoms with Crippen LogP contribution in [0.25, 0.3) is 0 Å². The lowest BCUT2D eigenvalue weighted by Gasteiger charge is -2.55. The zero-order valence-electron chi connectivity index (χ0n) is 22.5. The van der Waals surface area contributed by atoms with Gasteiger partial charge in [-0.25, -0.2) is 0 Å². The summed E-state index contributed by atoms with van der Waals surface area (Å²) in [5, 5.41) is 2.97. The Labute approximate surface area is 207 Å². The summed E-state index contributed by atoms with van der Waals surface area (Å²) in [6, 6.07) is 25.1. The molecule has 0 spiro atoms. The zero-order valence-corrected chi connectivity index (χ0v) is 27.5. The third-order valence-electron chi connectivity index (χ3n) is 9.28. The topological polar surface area (TPSA) is 18.5 Å². The van der Waals surface area contributed by atoms with Gasteiger partial charge >= 0.3 is 0 Å². The minimum atomic E-state index is -2.10. The van der Waals surface area contributed by atoms with E-state index in [2.05, 4.69) is 120 Å². The summed E-state index contributed by atoms with van der Waals surface area (Å²) in [7, 11) is -7.05. The molecule has 0 saturated carbocycles. The van der Waals surface area contributed by atoms with Crippen LogP contribution in [0.3, 0.4) is 0 Å². The van der Waals surface area contributed by atoms with Crippen LogP contribution in [-0.4, -0.2) is 50.7 Å². The van der Waals surface area contributed by atoms with E-state index < -0.39 is 38.0 Å². The second-order valence-electron chi connectivity index (χ2n) is 12.4. The Hall–Kier alpha value is -0.556. The van der Waals surface area contributed by atoms with Crippen LogP contribution < -0.4 is 10.4 Å². The normalized spacial score (nSPS) is 26.5. The maximum atomic E-state index is 6.82.